The van der Waals surface area contributed by atoms with Crippen LogP contribution >= 0.6 is 11.6 Å². The van der Waals surface area contributed by atoms with Gasteiger partial charge in [0.25, 0.3) is 0 Å². The number of benzene rings is 2. The molecule has 0 saturated heterocycles. The maximum atomic E-state index is 6.10. The lowest BCUT2D eigenvalue weighted by Gasteiger charge is -2.18. The molecule has 0 spiro atoms. The molecule has 0 aliphatic rings. The van der Waals surface area contributed by atoms with Gasteiger partial charge in [-0.05, 0) is 56.6 Å². The third-order valence-electron chi connectivity index (χ3n) is 3.44. The molecule has 112 valence electrons. The third kappa shape index (κ3) is 4.23. The van der Waals surface area contributed by atoms with E-state index in [1.54, 1.807) is 0 Å². The Morgan fingerprint density at radius 2 is 1.90 bits per heavy atom. The maximum Gasteiger partial charge on any atom is 0.132 e. The van der Waals surface area contributed by atoms with Crippen LogP contribution < -0.4 is 10.1 Å². The highest BCUT2D eigenvalue weighted by molar-refractivity contribution is 6.30. The molecule has 0 saturated carbocycles. The molecule has 3 heteroatoms. The van der Waals surface area contributed by atoms with Gasteiger partial charge in [-0.15, -0.1) is 0 Å². The first-order chi connectivity index (χ1) is 10.1. The van der Waals surface area contributed by atoms with E-state index >= 15 is 0 Å². The fraction of sp³-hybridized carbons (Fsp3) is 0.333. The summed E-state index contributed by atoms with van der Waals surface area (Å²) >= 11 is 5.99. The number of para-hydroxylation sites is 1. The third-order valence-corrected chi connectivity index (χ3v) is 3.68. The Kier molecular flexibility index (Phi) is 5.66. The van der Waals surface area contributed by atoms with Gasteiger partial charge in [-0.1, -0.05) is 36.7 Å². The molecule has 2 rings (SSSR count). The lowest BCUT2D eigenvalue weighted by atomic mass is 10.1. The first kappa shape index (κ1) is 15.9. The van der Waals surface area contributed by atoms with Crippen molar-refractivity contribution in [2.45, 2.75) is 33.2 Å². The predicted molar refractivity (Wildman–Crippen MR) is 89.4 cm³/mol. The van der Waals surface area contributed by atoms with Gasteiger partial charge in [-0.3, -0.25) is 0 Å². The monoisotopic (exact) mass is 303 g/mol. The zero-order chi connectivity index (χ0) is 15.2. The van der Waals surface area contributed by atoms with Gasteiger partial charge >= 0.3 is 0 Å². The van der Waals surface area contributed by atoms with Crippen LogP contribution in [0.5, 0.6) is 11.5 Å². The molecule has 2 aromatic carbocycles. The molecule has 0 aliphatic carbocycles. The standard InChI is InChI=1S/C18H22ClNO/c1-4-11-20-14(3)16-7-5-6-8-18(16)21-17-10-9-15(19)12-13(17)2/h5-10,12,14,20H,4,11H2,1-3H3. The van der Waals surface area contributed by atoms with Crippen molar-refractivity contribution >= 4 is 11.6 Å². The van der Waals surface area contributed by atoms with E-state index in [9.17, 15) is 0 Å². The molecule has 0 heterocycles. The van der Waals surface area contributed by atoms with Crippen molar-refractivity contribution < 1.29 is 4.74 Å². The van der Waals surface area contributed by atoms with Crippen molar-refractivity contribution in [3.05, 3.63) is 58.6 Å². The van der Waals surface area contributed by atoms with Gasteiger partial charge < -0.3 is 10.1 Å². The number of nitrogens with one attached hydrogen (secondary N) is 1. The van der Waals surface area contributed by atoms with Crippen LogP contribution in [0.25, 0.3) is 0 Å². The molecule has 0 radical (unpaired) electrons. The van der Waals surface area contributed by atoms with Crippen LogP contribution in [0.1, 0.15) is 37.4 Å². The Bertz CT molecular complexity index is 598. The van der Waals surface area contributed by atoms with Gasteiger partial charge in [0.2, 0.25) is 0 Å². The molecule has 2 aromatic rings. The number of rotatable bonds is 6. The highest BCUT2D eigenvalue weighted by atomic mass is 35.5. The second kappa shape index (κ2) is 7.48. The SMILES string of the molecule is CCCNC(C)c1ccccc1Oc1ccc(Cl)cc1C. The van der Waals surface area contributed by atoms with Gasteiger partial charge in [-0.25, -0.2) is 0 Å². The molecule has 21 heavy (non-hydrogen) atoms. The predicted octanol–water partition coefficient (Wildman–Crippen LogP) is 5.50. The summed E-state index contributed by atoms with van der Waals surface area (Å²) in [4.78, 5) is 0. The largest absolute Gasteiger partial charge is 0.457 e. The van der Waals surface area contributed by atoms with Crippen molar-refractivity contribution in [1.29, 1.82) is 0 Å². The fourth-order valence-corrected chi connectivity index (χ4v) is 2.47. The van der Waals surface area contributed by atoms with Crippen LogP contribution in [0.3, 0.4) is 0 Å². The van der Waals surface area contributed by atoms with Crippen LogP contribution in [0, 0.1) is 6.92 Å². The summed E-state index contributed by atoms with van der Waals surface area (Å²) in [6, 6.07) is 14.1. The summed E-state index contributed by atoms with van der Waals surface area (Å²) in [5.74, 6) is 1.73. The molecule has 0 fully saturated rings. The lowest BCUT2D eigenvalue weighted by molar-refractivity contribution is 0.458. The summed E-state index contributed by atoms with van der Waals surface area (Å²) in [6.07, 6.45) is 1.11. The smallest absolute Gasteiger partial charge is 0.132 e. The number of hydrogen-bond donors (Lipinski definition) is 1. The Morgan fingerprint density at radius 3 is 2.62 bits per heavy atom. The molecule has 0 aliphatic heterocycles. The zero-order valence-electron chi connectivity index (χ0n) is 12.8. The second-order valence-corrected chi connectivity index (χ2v) is 5.66. The van der Waals surface area contributed by atoms with Crippen LogP contribution in [-0.4, -0.2) is 6.54 Å². The highest BCUT2D eigenvalue weighted by Crippen LogP contribution is 2.32. The average molecular weight is 304 g/mol. The number of hydrogen-bond acceptors (Lipinski definition) is 2. The zero-order valence-corrected chi connectivity index (χ0v) is 13.6. The Balaban J connectivity index is 2.23. The summed E-state index contributed by atoms with van der Waals surface area (Å²) < 4.78 is 6.10. The minimum absolute atomic E-state index is 0.258. The molecule has 0 aromatic heterocycles. The molecule has 0 amide bonds. The first-order valence-corrected chi connectivity index (χ1v) is 7.76. The Morgan fingerprint density at radius 1 is 1.14 bits per heavy atom. The van der Waals surface area contributed by atoms with Crippen molar-refractivity contribution in [1.82, 2.24) is 5.32 Å². The van der Waals surface area contributed by atoms with E-state index in [1.807, 2.05) is 43.3 Å². The molecule has 1 unspecified atom stereocenters. The number of halogens is 1. The maximum absolute atomic E-state index is 6.10. The van der Waals surface area contributed by atoms with E-state index in [-0.39, 0.29) is 6.04 Å². The van der Waals surface area contributed by atoms with Crippen LogP contribution in [0.2, 0.25) is 5.02 Å². The van der Waals surface area contributed by atoms with Crippen LogP contribution in [-0.2, 0) is 0 Å². The number of aryl methyl sites for hydroxylation is 1. The van der Waals surface area contributed by atoms with Gasteiger partial charge in [-0.2, -0.15) is 0 Å². The van der Waals surface area contributed by atoms with Gasteiger partial charge in [0.1, 0.15) is 11.5 Å². The van der Waals surface area contributed by atoms with E-state index in [4.69, 9.17) is 16.3 Å². The highest BCUT2D eigenvalue weighted by Gasteiger charge is 2.12. The summed E-state index contributed by atoms with van der Waals surface area (Å²) in [5.41, 5.74) is 2.20. The van der Waals surface area contributed by atoms with E-state index < -0.39 is 0 Å². The minimum atomic E-state index is 0.258. The average Bonchev–Trinajstić information content (AvgIpc) is 2.48. The summed E-state index contributed by atoms with van der Waals surface area (Å²) in [6.45, 7) is 7.32. The fourth-order valence-electron chi connectivity index (χ4n) is 2.25. The van der Waals surface area contributed by atoms with E-state index in [2.05, 4.69) is 25.2 Å². The summed E-state index contributed by atoms with van der Waals surface area (Å²) in [7, 11) is 0. The van der Waals surface area contributed by atoms with Crippen LogP contribution in [0.4, 0.5) is 0 Å². The van der Waals surface area contributed by atoms with Gasteiger partial charge in [0.05, 0.1) is 0 Å². The minimum Gasteiger partial charge on any atom is -0.457 e. The molecule has 0 bridgehead atoms. The molecular weight excluding hydrogens is 282 g/mol. The summed E-state index contributed by atoms with van der Waals surface area (Å²) in [5, 5.41) is 4.23. The molecule has 1 N–H and O–H groups in total. The molecule has 2 nitrogen and oxygen atoms in total. The van der Waals surface area contributed by atoms with Gasteiger partial charge in [0.15, 0.2) is 0 Å². The second-order valence-electron chi connectivity index (χ2n) is 5.23. The normalized spacial score (nSPS) is 12.2. The van der Waals surface area contributed by atoms with E-state index in [1.165, 1.54) is 5.56 Å². The molecule has 1 atom stereocenters. The topological polar surface area (TPSA) is 21.3 Å². The van der Waals surface area contributed by atoms with Crippen molar-refractivity contribution in [3.63, 3.8) is 0 Å². The van der Waals surface area contributed by atoms with E-state index in [0.29, 0.717) is 0 Å². The van der Waals surface area contributed by atoms with Crippen molar-refractivity contribution in [2.24, 2.45) is 0 Å². The quantitative estimate of drug-likeness (QED) is 0.760. The van der Waals surface area contributed by atoms with Crippen molar-refractivity contribution in [3.8, 4) is 11.5 Å². The Hall–Kier alpha value is -1.51. The number of ether oxygens (including phenoxy) is 1. The van der Waals surface area contributed by atoms with Crippen LogP contribution in [0.15, 0.2) is 42.5 Å². The Labute approximate surface area is 132 Å². The van der Waals surface area contributed by atoms with E-state index in [0.717, 1.165) is 35.1 Å². The molecular formula is C18H22ClNO. The van der Waals surface area contributed by atoms with Crippen molar-refractivity contribution in [2.75, 3.05) is 6.54 Å². The van der Waals surface area contributed by atoms with Gasteiger partial charge in [0, 0.05) is 16.6 Å². The first-order valence-electron chi connectivity index (χ1n) is 7.38. The lowest BCUT2D eigenvalue weighted by Crippen LogP contribution is -2.19.